The van der Waals surface area contributed by atoms with Crippen LogP contribution in [0.5, 0.6) is 5.75 Å². The third-order valence-corrected chi connectivity index (χ3v) is 2.66. The summed E-state index contributed by atoms with van der Waals surface area (Å²) in [6.07, 6.45) is 0. The Balaban J connectivity index is 3.28. The summed E-state index contributed by atoms with van der Waals surface area (Å²) < 4.78 is 5.50. The minimum Gasteiger partial charge on any atom is -0.496 e. The first kappa shape index (κ1) is 10.6. The van der Waals surface area contributed by atoms with Crippen LogP contribution in [0.15, 0.2) is 17.0 Å². The zero-order chi connectivity index (χ0) is 10.0. The zero-order valence-corrected chi connectivity index (χ0v) is 9.70. The minimum atomic E-state index is -0.444. The molecule has 1 aromatic carbocycles. The van der Waals surface area contributed by atoms with Crippen LogP contribution >= 0.6 is 35.2 Å². The van der Waals surface area contributed by atoms with E-state index in [9.17, 15) is 10.1 Å². The van der Waals surface area contributed by atoms with Crippen LogP contribution in [0.4, 0.5) is 5.69 Å². The number of thiol groups is 1. The molecule has 0 aromatic heterocycles. The van der Waals surface area contributed by atoms with Gasteiger partial charge in [0.2, 0.25) is 0 Å². The summed E-state index contributed by atoms with van der Waals surface area (Å²) in [4.78, 5) is 10.5. The van der Waals surface area contributed by atoms with Gasteiger partial charge in [0.25, 0.3) is 5.69 Å². The Kier molecular flexibility index (Phi) is 3.37. The molecule has 0 heterocycles. The second kappa shape index (κ2) is 4.14. The van der Waals surface area contributed by atoms with Crippen molar-refractivity contribution in [2.45, 2.75) is 4.90 Å². The maximum atomic E-state index is 10.5. The van der Waals surface area contributed by atoms with E-state index in [1.807, 2.05) is 22.6 Å². The van der Waals surface area contributed by atoms with Crippen molar-refractivity contribution in [2.24, 2.45) is 0 Å². The lowest BCUT2D eigenvalue weighted by molar-refractivity contribution is -0.386. The van der Waals surface area contributed by atoms with Gasteiger partial charge in [-0.3, -0.25) is 10.1 Å². The summed E-state index contributed by atoms with van der Waals surface area (Å²) in [5.74, 6) is 0.540. The molecular weight excluding hydrogens is 305 g/mol. The van der Waals surface area contributed by atoms with Gasteiger partial charge < -0.3 is 4.74 Å². The lowest BCUT2D eigenvalue weighted by Gasteiger charge is -2.04. The molecule has 70 valence electrons. The van der Waals surface area contributed by atoms with Gasteiger partial charge in [0.05, 0.1) is 20.5 Å². The highest BCUT2D eigenvalue weighted by molar-refractivity contribution is 14.1. The molecule has 0 saturated carbocycles. The van der Waals surface area contributed by atoms with E-state index in [0.29, 0.717) is 14.2 Å². The Labute approximate surface area is 94.0 Å². The molecule has 1 rings (SSSR count). The first-order valence-corrected chi connectivity index (χ1v) is 4.79. The first-order chi connectivity index (χ1) is 6.06. The average molecular weight is 311 g/mol. The van der Waals surface area contributed by atoms with Crippen LogP contribution in [0, 0.1) is 13.7 Å². The smallest absolute Gasteiger partial charge is 0.284 e. The standard InChI is InChI=1S/C7H6INO3S/c1-12-6-2-4(8)5(9(10)11)3-7(6)13/h2-3,13H,1H3. The lowest BCUT2D eigenvalue weighted by atomic mass is 10.3. The van der Waals surface area contributed by atoms with Crippen molar-refractivity contribution in [3.8, 4) is 5.75 Å². The van der Waals surface area contributed by atoms with Crippen molar-refractivity contribution in [1.29, 1.82) is 0 Å². The van der Waals surface area contributed by atoms with Crippen LogP contribution < -0.4 is 4.74 Å². The molecule has 0 radical (unpaired) electrons. The molecule has 4 nitrogen and oxygen atoms in total. The van der Waals surface area contributed by atoms with E-state index in [2.05, 4.69) is 12.6 Å². The largest absolute Gasteiger partial charge is 0.496 e. The molecule has 0 atom stereocenters. The number of ether oxygens (including phenoxy) is 1. The summed E-state index contributed by atoms with van der Waals surface area (Å²) in [6.45, 7) is 0. The Morgan fingerprint density at radius 1 is 1.62 bits per heavy atom. The molecule has 0 aliphatic carbocycles. The van der Waals surface area contributed by atoms with Crippen LogP contribution in [0.2, 0.25) is 0 Å². The van der Waals surface area contributed by atoms with E-state index in [0.717, 1.165) is 0 Å². The van der Waals surface area contributed by atoms with Gasteiger partial charge in [0.1, 0.15) is 5.75 Å². The first-order valence-electron chi connectivity index (χ1n) is 3.27. The number of rotatable bonds is 2. The maximum absolute atomic E-state index is 10.5. The van der Waals surface area contributed by atoms with E-state index in [1.165, 1.54) is 13.2 Å². The fraction of sp³-hybridized carbons (Fsp3) is 0.143. The highest BCUT2D eigenvalue weighted by Gasteiger charge is 2.14. The van der Waals surface area contributed by atoms with Crippen molar-refractivity contribution in [3.05, 3.63) is 25.8 Å². The van der Waals surface area contributed by atoms with Gasteiger partial charge in [-0.15, -0.1) is 12.6 Å². The van der Waals surface area contributed by atoms with E-state index in [4.69, 9.17) is 4.74 Å². The third kappa shape index (κ3) is 2.25. The maximum Gasteiger partial charge on any atom is 0.284 e. The van der Waals surface area contributed by atoms with E-state index in [1.54, 1.807) is 6.07 Å². The summed E-state index contributed by atoms with van der Waals surface area (Å²) in [6, 6.07) is 2.96. The molecule has 0 aliphatic rings. The molecule has 0 saturated heterocycles. The molecule has 0 aliphatic heterocycles. The van der Waals surface area contributed by atoms with Gasteiger partial charge in [0, 0.05) is 12.1 Å². The second-order valence-corrected chi connectivity index (χ2v) is 3.88. The van der Waals surface area contributed by atoms with Gasteiger partial charge in [-0.2, -0.15) is 0 Å². The van der Waals surface area contributed by atoms with Crippen LogP contribution in [-0.4, -0.2) is 12.0 Å². The lowest BCUT2D eigenvalue weighted by Crippen LogP contribution is -1.93. The molecule has 0 N–H and O–H groups in total. The monoisotopic (exact) mass is 311 g/mol. The molecule has 0 amide bonds. The number of nitrogens with zero attached hydrogens (tertiary/aromatic N) is 1. The molecule has 0 unspecified atom stereocenters. The molecule has 0 bridgehead atoms. The number of halogens is 1. The van der Waals surface area contributed by atoms with Crippen molar-refractivity contribution in [3.63, 3.8) is 0 Å². The van der Waals surface area contributed by atoms with Crippen LogP contribution in [0.1, 0.15) is 0 Å². The summed E-state index contributed by atoms with van der Waals surface area (Å²) >= 11 is 5.94. The van der Waals surface area contributed by atoms with Gasteiger partial charge in [-0.25, -0.2) is 0 Å². The zero-order valence-electron chi connectivity index (χ0n) is 6.65. The molecule has 6 heteroatoms. The van der Waals surface area contributed by atoms with Crippen molar-refractivity contribution < 1.29 is 9.66 Å². The quantitative estimate of drug-likeness (QED) is 0.395. The van der Waals surface area contributed by atoms with Gasteiger partial charge >= 0.3 is 0 Å². The number of nitro benzene ring substituents is 1. The summed E-state index contributed by atoms with van der Waals surface area (Å²) in [5.41, 5.74) is 0.0476. The number of benzene rings is 1. The fourth-order valence-corrected chi connectivity index (χ4v) is 1.75. The molecule has 1 aromatic rings. The predicted octanol–water partition coefficient (Wildman–Crippen LogP) is 2.50. The predicted molar refractivity (Wildman–Crippen MR) is 59.6 cm³/mol. The Morgan fingerprint density at radius 2 is 2.23 bits per heavy atom. The summed E-state index contributed by atoms with van der Waals surface area (Å²) in [5, 5.41) is 10.5. The van der Waals surface area contributed by atoms with Crippen molar-refractivity contribution >= 4 is 40.9 Å². The Bertz CT molecular complexity index is 356. The highest BCUT2D eigenvalue weighted by atomic mass is 127. The molecule has 0 spiro atoms. The van der Waals surface area contributed by atoms with Gasteiger partial charge in [-0.05, 0) is 22.6 Å². The number of nitro groups is 1. The molecule has 0 fully saturated rings. The van der Waals surface area contributed by atoms with E-state index in [-0.39, 0.29) is 5.69 Å². The van der Waals surface area contributed by atoms with Crippen molar-refractivity contribution in [2.75, 3.05) is 7.11 Å². The topological polar surface area (TPSA) is 52.4 Å². The second-order valence-electron chi connectivity index (χ2n) is 2.23. The highest BCUT2D eigenvalue weighted by Crippen LogP contribution is 2.31. The SMILES string of the molecule is COc1cc(I)c([N+](=O)[O-])cc1S. The Morgan fingerprint density at radius 3 is 2.69 bits per heavy atom. The van der Waals surface area contributed by atoms with E-state index < -0.39 is 4.92 Å². The average Bonchev–Trinajstić information content (AvgIpc) is 2.07. The minimum absolute atomic E-state index is 0.0476. The molecular formula is C7H6INO3S. The fourth-order valence-electron chi connectivity index (χ4n) is 0.836. The van der Waals surface area contributed by atoms with Crippen LogP contribution in [0.3, 0.4) is 0 Å². The van der Waals surface area contributed by atoms with E-state index >= 15 is 0 Å². The van der Waals surface area contributed by atoms with Crippen LogP contribution in [-0.2, 0) is 0 Å². The number of hydrogen-bond donors (Lipinski definition) is 1. The number of methoxy groups -OCH3 is 1. The normalized spacial score (nSPS) is 9.77. The summed E-state index contributed by atoms with van der Waals surface area (Å²) in [7, 11) is 1.50. The van der Waals surface area contributed by atoms with Crippen molar-refractivity contribution in [1.82, 2.24) is 0 Å². The Hall–Kier alpha value is -0.500. The van der Waals surface area contributed by atoms with Gasteiger partial charge in [0.15, 0.2) is 0 Å². The van der Waals surface area contributed by atoms with Crippen LogP contribution in [0.25, 0.3) is 0 Å². The third-order valence-electron chi connectivity index (χ3n) is 1.45. The number of hydrogen-bond acceptors (Lipinski definition) is 4. The molecule has 13 heavy (non-hydrogen) atoms. The van der Waals surface area contributed by atoms with Gasteiger partial charge in [-0.1, -0.05) is 0 Å².